The summed E-state index contributed by atoms with van der Waals surface area (Å²) in [4.78, 5) is 11.5. The number of carbonyl (C=O) groups excluding carboxylic acids is 1. The number of hydrogen-bond donors (Lipinski definition) is 2. The zero-order valence-electron chi connectivity index (χ0n) is 11.3. The maximum atomic E-state index is 11.6. The molecule has 0 saturated carbocycles. The number of sulfonamides is 1. The van der Waals surface area contributed by atoms with Crippen LogP contribution < -0.4 is 14.8 Å². The fraction of sp³-hybridized carbons (Fsp3) is 0.462. The number of amides is 1. The molecule has 6 nitrogen and oxygen atoms in total. The highest BCUT2D eigenvalue weighted by Crippen LogP contribution is 2.28. The summed E-state index contributed by atoms with van der Waals surface area (Å²) in [5.74, 6) is 0.612. The van der Waals surface area contributed by atoms with E-state index in [-0.39, 0.29) is 18.2 Å². The summed E-state index contributed by atoms with van der Waals surface area (Å²) in [6.07, 6.45) is 0.885. The Bertz CT molecular complexity index is 598. The molecule has 0 saturated heterocycles. The maximum absolute atomic E-state index is 11.6. The van der Waals surface area contributed by atoms with Gasteiger partial charge < -0.3 is 10.1 Å². The van der Waals surface area contributed by atoms with Gasteiger partial charge in [-0.25, -0.2) is 13.1 Å². The number of benzene rings is 1. The molecule has 0 aromatic heterocycles. The van der Waals surface area contributed by atoms with Crippen molar-refractivity contribution in [3.05, 3.63) is 23.8 Å². The maximum Gasteiger partial charge on any atom is 0.227 e. The van der Waals surface area contributed by atoms with Crippen LogP contribution >= 0.6 is 0 Å². The third-order valence-electron chi connectivity index (χ3n) is 2.87. The van der Waals surface area contributed by atoms with E-state index in [1.165, 1.54) is 0 Å². The topological polar surface area (TPSA) is 84.5 Å². The van der Waals surface area contributed by atoms with Gasteiger partial charge in [0.25, 0.3) is 0 Å². The third kappa shape index (κ3) is 3.94. The predicted octanol–water partition coefficient (Wildman–Crippen LogP) is 1.24. The van der Waals surface area contributed by atoms with Gasteiger partial charge in [0.15, 0.2) is 0 Å². The van der Waals surface area contributed by atoms with Crippen molar-refractivity contribution in [3.63, 3.8) is 0 Å². The summed E-state index contributed by atoms with van der Waals surface area (Å²) in [6, 6.07) is 5.25. The summed E-state index contributed by atoms with van der Waals surface area (Å²) >= 11 is 0. The lowest BCUT2D eigenvalue weighted by atomic mass is 10.2. The largest absolute Gasteiger partial charge is 0.491 e. The molecule has 2 N–H and O–H groups in total. The van der Waals surface area contributed by atoms with E-state index in [9.17, 15) is 13.2 Å². The van der Waals surface area contributed by atoms with Gasteiger partial charge in [0.2, 0.25) is 15.9 Å². The molecule has 1 aliphatic rings. The monoisotopic (exact) mass is 298 g/mol. The minimum atomic E-state index is -3.24. The molecule has 1 amide bonds. The normalized spacial score (nSPS) is 14.9. The van der Waals surface area contributed by atoms with E-state index >= 15 is 0 Å². The first-order chi connectivity index (χ1) is 9.50. The van der Waals surface area contributed by atoms with Crippen LogP contribution in [0.3, 0.4) is 0 Å². The Morgan fingerprint density at radius 1 is 1.40 bits per heavy atom. The van der Waals surface area contributed by atoms with Crippen molar-refractivity contribution in [2.75, 3.05) is 17.7 Å². The van der Waals surface area contributed by atoms with E-state index in [0.29, 0.717) is 30.9 Å². The molecule has 0 bridgehead atoms. The van der Waals surface area contributed by atoms with Gasteiger partial charge in [-0.1, -0.05) is 13.0 Å². The second-order valence-electron chi connectivity index (χ2n) is 4.62. The lowest BCUT2D eigenvalue weighted by Crippen LogP contribution is -2.25. The molecule has 20 heavy (non-hydrogen) atoms. The molecule has 110 valence electrons. The molecule has 0 atom stereocenters. The number of rotatable bonds is 5. The summed E-state index contributed by atoms with van der Waals surface area (Å²) < 4.78 is 31.2. The van der Waals surface area contributed by atoms with Crippen LogP contribution in [0.4, 0.5) is 5.69 Å². The van der Waals surface area contributed by atoms with Crippen LogP contribution in [0.25, 0.3) is 0 Å². The van der Waals surface area contributed by atoms with Crippen LogP contribution in [-0.4, -0.2) is 26.7 Å². The Kier molecular flexibility index (Phi) is 4.61. The number of nitrogens with one attached hydrogen (secondary N) is 2. The molecule has 1 aromatic rings. The van der Waals surface area contributed by atoms with Crippen molar-refractivity contribution in [3.8, 4) is 5.75 Å². The second-order valence-corrected chi connectivity index (χ2v) is 6.54. The molecule has 2 rings (SSSR count). The molecule has 0 fully saturated rings. The lowest BCUT2D eigenvalue weighted by Gasteiger charge is -2.10. The van der Waals surface area contributed by atoms with E-state index in [0.717, 1.165) is 5.56 Å². The summed E-state index contributed by atoms with van der Waals surface area (Å²) in [7, 11) is -3.24. The standard InChI is InChI=1S/C13H18N2O4S/c1-2-7-20(17,18)14-9-10-3-4-12-11(8-10)15-13(16)5-6-19-12/h3-4,8,14H,2,5-7,9H2,1H3,(H,15,16). The molecule has 1 heterocycles. The van der Waals surface area contributed by atoms with E-state index in [4.69, 9.17) is 4.74 Å². The smallest absolute Gasteiger partial charge is 0.227 e. The Hall–Kier alpha value is -1.60. The van der Waals surface area contributed by atoms with Crippen molar-refractivity contribution >= 4 is 21.6 Å². The fourth-order valence-electron chi connectivity index (χ4n) is 1.91. The van der Waals surface area contributed by atoms with Crippen LogP contribution in [0.2, 0.25) is 0 Å². The highest BCUT2D eigenvalue weighted by atomic mass is 32.2. The number of carbonyl (C=O) groups is 1. The van der Waals surface area contributed by atoms with Gasteiger partial charge in [0, 0.05) is 6.54 Å². The van der Waals surface area contributed by atoms with E-state index in [1.54, 1.807) is 18.2 Å². The van der Waals surface area contributed by atoms with Gasteiger partial charge in [-0.3, -0.25) is 4.79 Å². The van der Waals surface area contributed by atoms with Crippen LogP contribution in [0.1, 0.15) is 25.3 Å². The van der Waals surface area contributed by atoms with Crippen LogP contribution in [0.5, 0.6) is 5.75 Å². The van der Waals surface area contributed by atoms with Gasteiger partial charge in [-0.15, -0.1) is 0 Å². The first kappa shape index (κ1) is 14.8. The highest BCUT2D eigenvalue weighted by molar-refractivity contribution is 7.89. The van der Waals surface area contributed by atoms with Crippen molar-refractivity contribution in [2.24, 2.45) is 0 Å². The Labute approximate surface area is 118 Å². The van der Waals surface area contributed by atoms with Gasteiger partial charge >= 0.3 is 0 Å². The Balaban J connectivity index is 2.09. The first-order valence-electron chi connectivity index (χ1n) is 6.53. The number of anilines is 1. The van der Waals surface area contributed by atoms with Gasteiger partial charge in [-0.05, 0) is 24.1 Å². The molecular formula is C13H18N2O4S. The first-order valence-corrected chi connectivity index (χ1v) is 8.18. The van der Waals surface area contributed by atoms with E-state index in [2.05, 4.69) is 10.0 Å². The number of ether oxygens (including phenoxy) is 1. The van der Waals surface area contributed by atoms with Crippen molar-refractivity contribution in [1.82, 2.24) is 4.72 Å². The second kappa shape index (κ2) is 6.23. The molecule has 1 aliphatic heterocycles. The molecule has 0 radical (unpaired) electrons. The van der Waals surface area contributed by atoms with E-state index < -0.39 is 10.0 Å². The average molecular weight is 298 g/mol. The van der Waals surface area contributed by atoms with Crippen LogP contribution in [0.15, 0.2) is 18.2 Å². The Morgan fingerprint density at radius 2 is 2.20 bits per heavy atom. The molecule has 7 heteroatoms. The number of hydrogen-bond acceptors (Lipinski definition) is 4. The zero-order chi connectivity index (χ0) is 14.6. The van der Waals surface area contributed by atoms with E-state index in [1.807, 2.05) is 6.92 Å². The third-order valence-corrected chi connectivity index (χ3v) is 4.40. The highest BCUT2D eigenvalue weighted by Gasteiger charge is 2.15. The zero-order valence-corrected chi connectivity index (χ0v) is 12.1. The van der Waals surface area contributed by atoms with Crippen molar-refractivity contribution in [2.45, 2.75) is 26.3 Å². The molecule has 1 aromatic carbocycles. The fourth-order valence-corrected chi connectivity index (χ4v) is 2.98. The quantitative estimate of drug-likeness (QED) is 0.856. The molecule has 0 unspecified atom stereocenters. The molecule has 0 aliphatic carbocycles. The summed E-state index contributed by atoms with van der Waals surface area (Å²) in [6.45, 7) is 2.36. The summed E-state index contributed by atoms with van der Waals surface area (Å²) in [5.41, 5.74) is 1.36. The minimum Gasteiger partial charge on any atom is -0.491 e. The SMILES string of the molecule is CCCS(=O)(=O)NCc1ccc2c(c1)NC(=O)CCO2. The number of fused-ring (bicyclic) bond motifs is 1. The van der Waals surface area contributed by atoms with Crippen LogP contribution in [0, 0.1) is 0 Å². The van der Waals surface area contributed by atoms with Gasteiger partial charge in [0.05, 0.1) is 24.5 Å². The van der Waals surface area contributed by atoms with Crippen LogP contribution in [-0.2, 0) is 21.4 Å². The lowest BCUT2D eigenvalue weighted by molar-refractivity contribution is -0.116. The molecular weight excluding hydrogens is 280 g/mol. The van der Waals surface area contributed by atoms with Crippen molar-refractivity contribution in [1.29, 1.82) is 0 Å². The Morgan fingerprint density at radius 3 is 2.95 bits per heavy atom. The molecule has 0 spiro atoms. The van der Waals surface area contributed by atoms with Crippen molar-refractivity contribution < 1.29 is 17.9 Å². The summed E-state index contributed by atoms with van der Waals surface area (Å²) in [5, 5.41) is 2.74. The van der Waals surface area contributed by atoms with Gasteiger partial charge in [0.1, 0.15) is 5.75 Å². The predicted molar refractivity (Wildman–Crippen MR) is 76.1 cm³/mol. The minimum absolute atomic E-state index is 0.104. The average Bonchev–Trinajstić information content (AvgIpc) is 2.56. The van der Waals surface area contributed by atoms with Gasteiger partial charge in [-0.2, -0.15) is 0 Å².